The number of anilines is 1. The Balaban J connectivity index is 1.60. The van der Waals surface area contributed by atoms with Crippen molar-refractivity contribution in [2.24, 2.45) is 0 Å². The van der Waals surface area contributed by atoms with Gasteiger partial charge >= 0.3 is 0 Å². The van der Waals surface area contributed by atoms with Gasteiger partial charge < -0.3 is 5.32 Å². The van der Waals surface area contributed by atoms with E-state index in [1.54, 1.807) is 0 Å². The molecule has 0 aliphatic carbocycles. The Bertz CT molecular complexity index is 674. The third kappa shape index (κ3) is 2.69. The van der Waals surface area contributed by atoms with E-state index in [9.17, 15) is 0 Å². The molecule has 1 unspecified atom stereocenters. The van der Waals surface area contributed by atoms with Crippen LogP contribution in [0.4, 0.5) is 5.82 Å². The predicted molar refractivity (Wildman–Crippen MR) is 87.9 cm³/mol. The zero-order valence-corrected chi connectivity index (χ0v) is 13.2. The fourth-order valence-corrected chi connectivity index (χ4v) is 3.71. The molecular weight excluding hydrogens is 296 g/mol. The van der Waals surface area contributed by atoms with Crippen LogP contribution in [-0.4, -0.2) is 27.5 Å². The summed E-state index contributed by atoms with van der Waals surface area (Å²) in [5, 5.41) is 3.80. The van der Waals surface area contributed by atoms with E-state index < -0.39 is 0 Å². The Labute approximate surface area is 135 Å². The molecule has 0 amide bonds. The van der Waals surface area contributed by atoms with E-state index >= 15 is 0 Å². The fourth-order valence-electron chi connectivity index (χ4n) is 3.52. The molecule has 4 nitrogen and oxygen atoms in total. The molecule has 1 aromatic heterocycles. The highest BCUT2D eigenvalue weighted by Gasteiger charge is 2.32. The smallest absolute Gasteiger partial charge is 0.224 e. The van der Waals surface area contributed by atoms with Crippen LogP contribution in [0.3, 0.4) is 0 Å². The minimum atomic E-state index is 0.348. The lowest BCUT2D eigenvalue weighted by molar-refractivity contribution is 0.225. The summed E-state index contributed by atoms with van der Waals surface area (Å²) in [6.07, 6.45) is 3.55. The van der Waals surface area contributed by atoms with Gasteiger partial charge in [0.25, 0.3) is 0 Å². The average molecular weight is 315 g/mol. The molecule has 0 bridgehead atoms. The second-order valence-electron chi connectivity index (χ2n) is 6.08. The lowest BCUT2D eigenvalue weighted by Crippen LogP contribution is -2.36. The van der Waals surface area contributed by atoms with E-state index in [1.807, 2.05) is 18.2 Å². The van der Waals surface area contributed by atoms with Crippen LogP contribution in [-0.2, 0) is 19.5 Å². The van der Waals surface area contributed by atoms with Crippen molar-refractivity contribution < 1.29 is 0 Å². The minimum Gasteiger partial charge on any atom is -0.366 e. The lowest BCUT2D eigenvalue weighted by Gasteiger charge is -2.31. The predicted octanol–water partition coefficient (Wildman–Crippen LogP) is 3.26. The fraction of sp³-hybridized carbons (Fsp3) is 0.412. The maximum absolute atomic E-state index is 6.13. The molecule has 1 atom stereocenters. The van der Waals surface area contributed by atoms with Crippen molar-refractivity contribution in [3.8, 4) is 0 Å². The van der Waals surface area contributed by atoms with Crippen molar-refractivity contribution in [1.82, 2.24) is 14.9 Å². The Hall–Kier alpha value is -1.65. The molecule has 2 aliphatic rings. The van der Waals surface area contributed by atoms with Crippen LogP contribution in [0.5, 0.6) is 0 Å². The average Bonchev–Trinajstić information content (AvgIpc) is 2.99. The van der Waals surface area contributed by atoms with Gasteiger partial charge in [0.2, 0.25) is 5.28 Å². The molecule has 0 spiro atoms. The molecule has 1 aromatic carbocycles. The monoisotopic (exact) mass is 314 g/mol. The zero-order chi connectivity index (χ0) is 14.9. The summed E-state index contributed by atoms with van der Waals surface area (Å²) >= 11 is 6.13. The molecule has 0 radical (unpaired) electrons. The third-order valence-electron chi connectivity index (χ3n) is 4.66. The number of fused-ring (bicyclic) bond motifs is 2. The number of nitrogens with one attached hydrogen (secondary N) is 1. The number of benzene rings is 1. The van der Waals surface area contributed by atoms with Gasteiger partial charge in [0.15, 0.2) is 0 Å². The van der Waals surface area contributed by atoms with Gasteiger partial charge in [-0.05, 0) is 36.6 Å². The van der Waals surface area contributed by atoms with Crippen molar-refractivity contribution in [2.45, 2.75) is 38.4 Å². The first-order chi connectivity index (χ1) is 10.8. The molecule has 2 aliphatic heterocycles. The van der Waals surface area contributed by atoms with Crippen molar-refractivity contribution in [1.29, 1.82) is 0 Å². The molecule has 4 rings (SSSR count). The first kappa shape index (κ1) is 14.0. The first-order valence-corrected chi connectivity index (χ1v) is 8.24. The summed E-state index contributed by atoms with van der Waals surface area (Å²) in [6.45, 7) is 2.88. The van der Waals surface area contributed by atoms with Crippen LogP contribution >= 0.6 is 11.6 Å². The summed E-state index contributed by atoms with van der Waals surface area (Å²) in [6, 6.07) is 11.0. The van der Waals surface area contributed by atoms with Crippen LogP contribution in [0, 0.1) is 0 Å². The quantitative estimate of drug-likeness (QED) is 0.883. The molecule has 5 heteroatoms. The summed E-state index contributed by atoms with van der Waals surface area (Å²) in [7, 11) is 0. The molecule has 1 N–H and O–H groups in total. The molecule has 114 valence electrons. The Morgan fingerprint density at radius 2 is 2.09 bits per heavy atom. The van der Waals surface area contributed by atoms with Crippen molar-refractivity contribution >= 4 is 17.4 Å². The molecule has 1 fully saturated rings. The molecule has 3 heterocycles. The van der Waals surface area contributed by atoms with E-state index in [1.165, 1.54) is 30.5 Å². The molecular formula is C17H19ClN4. The van der Waals surface area contributed by atoms with E-state index in [0.717, 1.165) is 31.0 Å². The van der Waals surface area contributed by atoms with Gasteiger partial charge in [-0.2, -0.15) is 0 Å². The number of rotatable bonds is 3. The van der Waals surface area contributed by atoms with Crippen LogP contribution in [0.15, 0.2) is 30.3 Å². The molecule has 2 aromatic rings. The highest BCUT2D eigenvalue weighted by molar-refractivity contribution is 6.28. The topological polar surface area (TPSA) is 41.1 Å². The molecule has 0 saturated carbocycles. The van der Waals surface area contributed by atoms with E-state index in [-0.39, 0.29) is 0 Å². The van der Waals surface area contributed by atoms with Gasteiger partial charge in [-0.3, -0.25) is 4.90 Å². The maximum atomic E-state index is 6.13. The van der Waals surface area contributed by atoms with E-state index in [0.29, 0.717) is 11.3 Å². The van der Waals surface area contributed by atoms with Gasteiger partial charge in [-0.15, -0.1) is 0 Å². The Kier molecular flexibility index (Phi) is 3.72. The van der Waals surface area contributed by atoms with Gasteiger partial charge in [0.05, 0.1) is 5.69 Å². The van der Waals surface area contributed by atoms with Crippen LogP contribution < -0.4 is 5.32 Å². The number of hydrogen-bond donors (Lipinski definition) is 1. The molecule has 1 saturated heterocycles. The number of nitrogens with zero attached hydrogens (tertiary/aromatic N) is 3. The largest absolute Gasteiger partial charge is 0.366 e. The molecule has 22 heavy (non-hydrogen) atoms. The van der Waals surface area contributed by atoms with E-state index in [2.05, 4.69) is 32.3 Å². The second-order valence-corrected chi connectivity index (χ2v) is 6.41. The van der Waals surface area contributed by atoms with Gasteiger partial charge in [-0.25, -0.2) is 9.97 Å². The SMILES string of the molecule is Clc1nc2c(c(NCc3ccccc3)n1)CN1CCCC1C2. The Morgan fingerprint density at radius 3 is 2.95 bits per heavy atom. The van der Waals surface area contributed by atoms with Gasteiger partial charge in [-0.1, -0.05) is 30.3 Å². The summed E-state index contributed by atoms with van der Waals surface area (Å²) in [4.78, 5) is 11.5. The highest BCUT2D eigenvalue weighted by Crippen LogP contribution is 2.33. The van der Waals surface area contributed by atoms with Gasteiger partial charge in [0.1, 0.15) is 5.82 Å². The normalized spacial score (nSPS) is 20.5. The summed E-state index contributed by atoms with van der Waals surface area (Å²) in [5.74, 6) is 0.893. The van der Waals surface area contributed by atoms with Crippen LogP contribution in [0.25, 0.3) is 0 Å². The second kappa shape index (κ2) is 5.86. The standard InChI is InChI=1S/C17H19ClN4/c18-17-20-15-9-13-7-4-8-22(13)11-14(15)16(21-17)19-10-12-5-2-1-3-6-12/h1-3,5-6,13H,4,7-11H2,(H,19,20,21). The highest BCUT2D eigenvalue weighted by atomic mass is 35.5. The van der Waals surface area contributed by atoms with Crippen LogP contribution in [0.1, 0.15) is 29.7 Å². The number of hydrogen-bond acceptors (Lipinski definition) is 4. The van der Waals surface area contributed by atoms with Gasteiger partial charge in [0, 0.05) is 31.1 Å². The number of halogens is 1. The number of aromatic nitrogens is 2. The van der Waals surface area contributed by atoms with Crippen molar-refractivity contribution in [3.05, 3.63) is 52.4 Å². The van der Waals surface area contributed by atoms with Crippen molar-refractivity contribution in [3.63, 3.8) is 0 Å². The first-order valence-electron chi connectivity index (χ1n) is 7.87. The Morgan fingerprint density at radius 1 is 1.23 bits per heavy atom. The lowest BCUT2D eigenvalue weighted by atomic mass is 9.99. The van der Waals surface area contributed by atoms with Crippen molar-refractivity contribution in [2.75, 3.05) is 11.9 Å². The zero-order valence-electron chi connectivity index (χ0n) is 12.4. The summed E-state index contributed by atoms with van der Waals surface area (Å²) in [5.41, 5.74) is 3.58. The third-order valence-corrected chi connectivity index (χ3v) is 4.83. The maximum Gasteiger partial charge on any atom is 0.224 e. The summed E-state index contributed by atoms with van der Waals surface area (Å²) < 4.78 is 0. The minimum absolute atomic E-state index is 0.348. The van der Waals surface area contributed by atoms with E-state index in [4.69, 9.17) is 11.6 Å². The van der Waals surface area contributed by atoms with Crippen LogP contribution in [0.2, 0.25) is 5.28 Å².